The van der Waals surface area contributed by atoms with Gasteiger partial charge in [-0.3, -0.25) is 13.8 Å². The first kappa shape index (κ1) is 18.6. The van der Waals surface area contributed by atoms with Crippen molar-refractivity contribution in [3.8, 4) is 0 Å². The van der Waals surface area contributed by atoms with E-state index in [1.807, 2.05) is 21.9 Å². The number of rotatable bonds is 6. The number of fused-ring (bicyclic) bond motifs is 3. The average Bonchev–Trinajstić information content (AvgIpc) is 3.50. The van der Waals surface area contributed by atoms with Crippen LogP contribution in [0.4, 0.5) is 0 Å². The Morgan fingerprint density at radius 3 is 2.90 bits per heavy atom. The lowest BCUT2D eigenvalue weighted by Crippen LogP contribution is -2.28. The third-order valence-electron chi connectivity index (χ3n) is 5.18. The standard InChI is InChI=1S/C21H20N4O2S2/c1-2-14-5-7-15(8-6-14)13-29-21-23-22-20-24(12-16-4-3-10-27-16)19(26)18-17(25(20)21)9-11-28-18/h2,5-9,11,16H,1,3-4,10,12-13H2/t16-/m0/s1. The molecule has 1 aliphatic rings. The maximum Gasteiger partial charge on any atom is 0.272 e. The van der Waals surface area contributed by atoms with Crippen LogP contribution in [0.15, 0.2) is 52.2 Å². The zero-order valence-electron chi connectivity index (χ0n) is 15.8. The lowest BCUT2D eigenvalue weighted by atomic mass is 10.1. The highest BCUT2D eigenvalue weighted by atomic mass is 32.2. The minimum atomic E-state index is -0.0121. The summed E-state index contributed by atoms with van der Waals surface area (Å²) in [5, 5.41) is 11.5. The molecule has 0 bridgehead atoms. The predicted molar refractivity (Wildman–Crippen MR) is 118 cm³/mol. The van der Waals surface area contributed by atoms with Crippen molar-refractivity contribution in [1.82, 2.24) is 19.2 Å². The summed E-state index contributed by atoms with van der Waals surface area (Å²) in [5.74, 6) is 1.36. The Hall–Kier alpha value is -2.42. The van der Waals surface area contributed by atoms with E-state index in [2.05, 4.69) is 41.0 Å². The number of thiophene rings is 1. The molecule has 5 rings (SSSR count). The molecule has 0 aliphatic carbocycles. The van der Waals surface area contributed by atoms with Gasteiger partial charge in [-0.25, -0.2) is 0 Å². The summed E-state index contributed by atoms with van der Waals surface area (Å²) in [6.45, 7) is 5.07. The zero-order valence-corrected chi connectivity index (χ0v) is 17.4. The Bertz CT molecular complexity index is 1230. The molecule has 1 atom stereocenters. The summed E-state index contributed by atoms with van der Waals surface area (Å²) in [4.78, 5) is 13.1. The van der Waals surface area contributed by atoms with E-state index in [9.17, 15) is 4.79 Å². The Balaban J connectivity index is 1.53. The Kier molecular flexibility index (Phi) is 4.99. The minimum absolute atomic E-state index is 0.0121. The fourth-order valence-electron chi connectivity index (χ4n) is 3.65. The third kappa shape index (κ3) is 3.41. The molecule has 4 heterocycles. The van der Waals surface area contributed by atoms with Crippen LogP contribution < -0.4 is 5.56 Å². The lowest BCUT2D eigenvalue weighted by Gasteiger charge is -2.13. The molecule has 1 aromatic carbocycles. The van der Waals surface area contributed by atoms with Gasteiger partial charge in [0.1, 0.15) is 4.70 Å². The summed E-state index contributed by atoms with van der Waals surface area (Å²) < 4.78 is 10.2. The first-order valence-corrected chi connectivity index (χ1v) is 11.4. The van der Waals surface area contributed by atoms with Gasteiger partial charge < -0.3 is 4.74 Å². The number of hydrogen-bond donors (Lipinski definition) is 0. The molecule has 0 amide bonds. The van der Waals surface area contributed by atoms with E-state index in [0.29, 0.717) is 12.3 Å². The van der Waals surface area contributed by atoms with E-state index in [-0.39, 0.29) is 11.7 Å². The summed E-state index contributed by atoms with van der Waals surface area (Å²) in [5.41, 5.74) is 3.16. The molecule has 148 valence electrons. The second-order valence-electron chi connectivity index (χ2n) is 7.04. The first-order valence-electron chi connectivity index (χ1n) is 9.55. The molecule has 0 spiro atoms. The topological polar surface area (TPSA) is 61.4 Å². The summed E-state index contributed by atoms with van der Waals surface area (Å²) in [7, 11) is 0. The average molecular weight is 425 g/mol. The molecule has 8 heteroatoms. The number of aromatic nitrogens is 4. The van der Waals surface area contributed by atoms with Crippen molar-refractivity contribution in [1.29, 1.82) is 0 Å². The first-order chi connectivity index (χ1) is 14.2. The van der Waals surface area contributed by atoms with Crippen molar-refractivity contribution in [2.24, 2.45) is 0 Å². The maximum absolute atomic E-state index is 13.1. The number of hydrogen-bond acceptors (Lipinski definition) is 6. The highest BCUT2D eigenvalue weighted by Crippen LogP contribution is 2.27. The molecule has 29 heavy (non-hydrogen) atoms. The monoisotopic (exact) mass is 424 g/mol. The van der Waals surface area contributed by atoms with Crippen LogP contribution in [0.1, 0.15) is 24.0 Å². The molecule has 0 N–H and O–H groups in total. The molecule has 1 aliphatic heterocycles. The number of thioether (sulfide) groups is 1. The van der Waals surface area contributed by atoms with Crippen LogP contribution in [0.3, 0.4) is 0 Å². The van der Waals surface area contributed by atoms with Gasteiger partial charge in [-0.05, 0) is 35.4 Å². The SMILES string of the molecule is C=Cc1ccc(CSc2nnc3n(C[C@@H]4CCCO4)c(=O)c4sccc4n23)cc1. The van der Waals surface area contributed by atoms with Crippen molar-refractivity contribution in [2.75, 3.05) is 6.61 Å². The van der Waals surface area contributed by atoms with Gasteiger partial charge in [-0.15, -0.1) is 21.5 Å². The highest BCUT2D eigenvalue weighted by molar-refractivity contribution is 7.98. The zero-order chi connectivity index (χ0) is 19.8. The van der Waals surface area contributed by atoms with Crippen LogP contribution >= 0.6 is 23.1 Å². The van der Waals surface area contributed by atoms with Crippen molar-refractivity contribution >= 4 is 45.2 Å². The summed E-state index contributed by atoms with van der Waals surface area (Å²) in [6.07, 6.45) is 3.90. The number of ether oxygens (including phenoxy) is 1. The van der Waals surface area contributed by atoms with E-state index < -0.39 is 0 Å². The van der Waals surface area contributed by atoms with Crippen LogP contribution in [-0.4, -0.2) is 31.9 Å². The van der Waals surface area contributed by atoms with Crippen molar-refractivity contribution in [2.45, 2.75) is 36.4 Å². The van der Waals surface area contributed by atoms with Gasteiger partial charge in [0.05, 0.1) is 18.2 Å². The van der Waals surface area contributed by atoms with Gasteiger partial charge in [0.25, 0.3) is 5.56 Å². The van der Waals surface area contributed by atoms with Gasteiger partial charge in [-0.1, -0.05) is 48.7 Å². The van der Waals surface area contributed by atoms with Crippen LogP contribution in [0.25, 0.3) is 22.1 Å². The van der Waals surface area contributed by atoms with E-state index in [1.54, 1.807) is 16.3 Å². The highest BCUT2D eigenvalue weighted by Gasteiger charge is 2.22. The minimum Gasteiger partial charge on any atom is -0.376 e. The number of nitrogens with zero attached hydrogens (tertiary/aromatic N) is 4. The van der Waals surface area contributed by atoms with Crippen molar-refractivity contribution in [3.63, 3.8) is 0 Å². The molecule has 0 saturated carbocycles. The van der Waals surface area contributed by atoms with Gasteiger partial charge in [-0.2, -0.15) is 0 Å². The van der Waals surface area contributed by atoms with Crippen molar-refractivity contribution in [3.05, 3.63) is 63.8 Å². The lowest BCUT2D eigenvalue weighted by molar-refractivity contribution is 0.0969. The molecule has 4 aromatic rings. The predicted octanol–water partition coefficient (Wildman–Crippen LogP) is 4.22. The number of benzene rings is 1. The van der Waals surface area contributed by atoms with E-state index in [1.165, 1.54) is 16.9 Å². The molecule has 3 aromatic heterocycles. The maximum atomic E-state index is 13.1. The van der Waals surface area contributed by atoms with Gasteiger partial charge in [0.15, 0.2) is 5.16 Å². The fraction of sp³-hybridized carbons (Fsp3) is 0.286. The molecule has 0 unspecified atom stereocenters. The van der Waals surface area contributed by atoms with Crippen LogP contribution in [0, 0.1) is 0 Å². The summed E-state index contributed by atoms with van der Waals surface area (Å²) >= 11 is 3.08. The van der Waals surface area contributed by atoms with E-state index in [0.717, 1.165) is 46.1 Å². The third-order valence-corrected chi connectivity index (χ3v) is 7.07. The normalized spacial score (nSPS) is 16.8. The second-order valence-corrected chi connectivity index (χ2v) is 8.90. The second kappa shape index (κ2) is 7.78. The van der Waals surface area contributed by atoms with Gasteiger partial charge in [0, 0.05) is 12.4 Å². The molecule has 1 saturated heterocycles. The molecule has 1 fully saturated rings. The van der Waals surface area contributed by atoms with E-state index >= 15 is 0 Å². The van der Waals surface area contributed by atoms with Crippen LogP contribution in [0.5, 0.6) is 0 Å². The quantitative estimate of drug-likeness (QED) is 0.434. The Morgan fingerprint density at radius 2 is 2.14 bits per heavy atom. The Labute approximate surface area is 175 Å². The van der Waals surface area contributed by atoms with Gasteiger partial charge >= 0.3 is 0 Å². The fourth-order valence-corrected chi connectivity index (χ4v) is 5.37. The summed E-state index contributed by atoms with van der Waals surface area (Å²) in [6, 6.07) is 10.3. The molecule has 6 nitrogen and oxygen atoms in total. The Morgan fingerprint density at radius 1 is 1.28 bits per heavy atom. The smallest absolute Gasteiger partial charge is 0.272 e. The molecular formula is C21H20N4O2S2. The van der Waals surface area contributed by atoms with E-state index in [4.69, 9.17) is 4.74 Å². The van der Waals surface area contributed by atoms with Crippen molar-refractivity contribution < 1.29 is 4.74 Å². The molecule has 0 radical (unpaired) electrons. The van der Waals surface area contributed by atoms with Crippen LogP contribution in [0.2, 0.25) is 0 Å². The van der Waals surface area contributed by atoms with Crippen LogP contribution in [-0.2, 0) is 17.0 Å². The molecular weight excluding hydrogens is 404 g/mol. The van der Waals surface area contributed by atoms with Gasteiger partial charge in [0.2, 0.25) is 5.78 Å². The largest absolute Gasteiger partial charge is 0.376 e.